The Balaban J connectivity index is 1.24. The van der Waals surface area contributed by atoms with E-state index in [9.17, 15) is 18.0 Å². The first-order chi connectivity index (χ1) is 18.4. The molecule has 6 rings (SSSR count). The number of amides is 1. The number of halogens is 3. The fraction of sp³-hybridized carbons (Fsp3) is 0.367. The lowest BCUT2D eigenvalue weighted by Gasteiger charge is -2.52. The topological polar surface area (TPSA) is 29.5 Å². The largest absolute Gasteiger partial charge is 0.440 e. The maximum Gasteiger partial charge on any atom is 0.415 e. The van der Waals surface area contributed by atoms with Gasteiger partial charge in [0, 0.05) is 35.8 Å². The van der Waals surface area contributed by atoms with Crippen LogP contribution in [-0.4, -0.2) is 48.6 Å². The lowest BCUT2D eigenvalue weighted by molar-refractivity contribution is -0.946. The van der Waals surface area contributed by atoms with E-state index in [1.807, 2.05) is 12.1 Å². The van der Waals surface area contributed by atoms with Crippen molar-refractivity contribution in [2.45, 2.75) is 36.8 Å². The molecular weight excluding hydrogens is 509 g/mol. The third-order valence-corrected chi connectivity index (χ3v) is 8.92. The van der Waals surface area contributed by atoms with Gasteiger partial charge in [-0.2, -0.15) is 0 Å². The van der Waals surface area contributed by atoms with Crippen LogP contribution in [0.15, 0.2) is 77.7 Å². The second kappa shape index (κ2) is 11.8. The number of ether oxygens (including phenoxy) is 1. The highest BCUT2D eigenvalue weighted by atomic mass is 32.2. The van der Waals surface area contributed by atoms with E-state index in [1.165, 1.54) is 40.9 Å². The smallest absolute Gasteiger partial charge is 0.415 e. The van der Waals surface area contributed by atoms with Crippen molar-refractivity contribution in [2.75, 3.05) is 36.8 Å². The lowest BCUT2D eigenvalue weighted by Crippen LogP contribution is -2.65. The molecule has 1 atom stereocenters. The molecule has 200 valence electrons. The Hall–Kier alpha value is -2.97. The fourth-order valence-corrected chi connectivity index (χ4v) is 6.57. The van der Waals surface area contributed by atoms with Gasteiger partial charge in [-0.1, -0.05) is 36.4 Å². The monoisotopic (exact) mass is 541 g/mol. The van der Waals surface area contributed by atoms with E-state index in [0.29, 0.717) is 16.4 Å². The molecule has 0 aromatic heterocycles. The van der Waals surface area contributed by atoms with Gasteiger partial charge in [-0.25, -0.2) is 18.0 Å². The lowest BCUT2D eigenvalue weighted by atomic mass is 9.83. The number of carbonyl (C=O) groups is 1. The van der Waals surface area contributed by atoms with Crippen molar-refractivity contribution in [3.63, 3.8) is 0 Å². The summed E-state index contributed by atoms with van der Waals surface area (Å²) >= 11 is 1.54. The van der Waals surface area contributed by atoms with Crippen molar-refractivity contribution in [1.82, 2.24) is 0 Å². The number of thioether (sulfide) groups is 1. The number of hydrogen-bond acceptors (Lipinski definition) is 3. The Morgan fingerprint density at radius 1 is 0.921 bits per heavy atom. The average molecular weight is 542 g/mol. The fourth-order valence-electron chi connectivity index (χ4n) is 5.70. The van der Waals surface area contributed by atoms with Gasteiger partial charge in [0.05, 0.1) is 31.9 Å². The summed E-state index contributed by atoms with van der Waals surface area (Å²) in [4.78, 5) is 15.5. The van der Waals surface area contributed by atoms with E-state index in [0.717, 1.165) is 55.7 Å². The Morgan fingerprint density at radius 2 is 1.61 bits per heavy atom. The maximum absolute atomic E-state index is 14.7. The molecule has 8 heteroatoms. The molecule has 3 aliphatic rings. The van der Waals surface area contributed by atoms with Gasteiger partial charge in [-0.05, 0) is 42.0 Å². The van der Waals surface area contributed by atoms with Gasteiger partial charge in [0.25, 0.3) is 0 Å². The normalized spacial score (nSPS) is 22.3. The molecule has 1 amide bonds. The molecule has 2 bridgehead atoms. The molecule has 0 spiro atoms. The zero-order valence-electron chi connectivity index (χ0n) is 21.2. The van der Waals surface area contributed by atoms with E-state index >= 15 is 0 Å². The van der Waals surface area contributed by atoms with Crippen molar-refractivity contribution in [1.29, 1.82) is 0 Å². The molecule has 3 fully saturated rings. The van der Waals surface area contributed by atoms with Crippen LogP contribution < -0.4 is 4.90 Å². The Kier molecular flexibility index (Phi) is 8.29. The van der Waals surface area contributed by atoms with Crippen molar-refractivity contribution in [2.24, 2.45) is 5.92 Å². The van der Waals surface area contributed by atoms with Crippen molar-refractivity contribution in [3.8, 4) is 0 Å². The molecule has 0 radical (unpaired) electrons. The second-order valence-electron chi connectivity index (χ2n) is 10.3. The minimum absolute atomic E-state index is 0.0741. The summed E-state index contributed by atoms with van der Waals surface area (Å²) < 4.78 is 49.1. The van der Waals surface area contributed by atoms with Crippen LogP contribution in [0.3, 0.4) is 0 Å². The molecule has 1 unspecified atom stereocenters. The highest BCUT2D eigenvalue weighted by Gasteiger charge is 2.47. The summed E-state index contributed by atoms with van der Waals surface area (Å²) in [7, 11) is 0. The molecule has 0 aliphatic carbocycles. The van der Waals surface area contributed by atoms with E-state index < -0.39 is 11.9 Å². The summed E-state index contributed by atoms with van der Waals surface area (Å²) in [6.07, 6.45) is 2.07. The molecule has 3 aromatic rings. The first kappa shape index (κ1) is 26.6. The van der Waals surface area contributed by atoms with Crippen LogP contribution in [0, 0.1) is 23.4 Å². The average Bonchev–Trinajstić information content (AvgIpc) is 2.93. The van der Waals surface area contributed by atoms with Crippen LogP contribution in [0.2, 0.25) is 0 Å². The van der Waals surface area contributed by atoms with E-state index in [1.54, 1.807) is 36.4 Å². The van der Waals surface area contributed by atoms with Crippen LogP contribution >= 0.6 is 11.8 Å². The quantitative estimate of drug-likeness (QED) is 0.165. The van der Waals surface area contributed by atoms with Gasteiger partial charge in [-0.3, -0.25) is 4.90 Å². The maximum atomic E-state index is 14.7. The van der Waals surface area contributed by atoms with E-state index in [4.69, 9.17) is 4.74 Å². The van der Waals surface area contributed by atoms with Crippen molar-refractivity contribution >= 4 is 23.5 Å². The molecule has 3 aliphatic heterocycles. The second-order valence-corrected chi connectivity index (χ2v) is 11.4. The highest BCUT2D eigenvalue weighted by molar-refractivity contribution is 7.99. The summed E-state index contributed by atoms with van der Waals surface area (Å²) in [5.74, 6) is 0.0437. The number of anilines is 1. The van der Waals surface area contributed by atoms with Gasteiger partial charge in [0.1, 0.15) is 24.0 Å². The van der Waals surface area contributed by atoms with Gasteiger partial charge >= 0.3 is 6.09 Å². The predicted octanol–water partition coefficient (Wildman–Crippen LogP) is 7.04. The molecule has 0 saturated carbocycles. The van der Waals surface area contributed by atoms with Crippen molar-refractivity contribution in [3.05, 3.63) is 95.8 Å². The zero-order valence-corrected chi connectivity index (χ0v) is 22.0. The summed E-state index contributed by atoms with van der Waals surface area (Å²) in [5.41, 5.74) is 0.813. The number of piperidine rings is 3. The minimum Gasteiger partial charge on any atom is -0.440 e. The first-order valence-electron chi connectivity index (χ1n) is 13.1. The molecule has 3 saturated heterocycles. The zero-order chi connectivity index (χ0) is 26.5. The van der Waals surface area contributed by atoms with Crippen molar-refractivity contribution < 1.29 is 27.2 Å². The van der Waals surface area contributed by atoms with Gasteiger partial charge < -0.3 is 9.22 Å². The number of fused-ring (bicyclic) bond motifs is 3. The molecule has 3 heterocycles. The summed E-state index contributed by atoms with van der Waals surface area (Å²) in [6, 6.07) is 18.8. The SMILES string of the molecule is O=C(OC1C[N+]2(CCCSc3ccccc3F)CCC1CC2)N(Cc1ccc(F)cc1)c1ccccc1F. The summed E-state index contributed by atoms with van der Waals surface area (Å²) in [6.45, 7) is 3.87. The Bertz CT molecular complexity index is 1250. The number of para-hydroxylation sites is 1. The Labute approximate surface area is 226 Å². The molecule has 0 N–H and O–H groups in total. The number of benzene rings is 3. The van der Waals surface area contributed by atoms with E-state index in [-0.39, 0.29) is 30.0 Å². The van der Waals surface area contributed by atoms with Crippen LogP contribution in [0.25, 0.3) is 0 Å². The molecule has 3 aromatic carbocycles. The molecule has 4 nitrogen and oxygen atoms in total. The van der Waals surface area contributed by atoms with E-state index in [2.05, 4.69) is 0 Å². The predicted molar refractivity (Wildman–Crippen MR) is 143 cm³/mol. The Morgan fingerprint density at radius 3 is 2.32 bits per heavy atom. The van der Waals surface area contributed by atoms with Crippen LogP contribution in [0.4, 0.5) is 23.7 Å². The number of carbonyl (C=O) groups excluding carboxylic acids is 1. The molecular formula is C30H32F3N2O2S+. The number of nitrogens with zero attached hydrogens (tertiary/aromatic N) is 2. The number of rotatable bonds is 9. The summed E-state index contributed by atoms with van der Waals surface area (Å²) in [5, 5.41) is 0. The van der Waals surface area contributed by atoms with Crippen LogP contribution in [0.1, 0.15) is 24.8 Å². The van der Waals surface area contributed by atoms with Gasteiger partial charge in [-0.15, -0.1) is 11.8 Å². The standard InChI is InChI=1S/C30H32F3N2O2S/c31-24-12-10-22(11-13-24)20-34(27-8-3-1-6-25(27)32)30(36)37-28-21-35(17-14-23(28)15-18-35)16-5-19-38-29-9-4-2-7-26(29)33/h1-4,6-13,23,28H,5,14-21H2/q+1. The van der Waals surface area contributed by atoms with Crippen LogP contribution in [0.5, 0.6) is 0 Å². The number of hydrogen-bond donors (Lipinski definition) is 0. The highest BCUT2D eigenvalue weighted by Crippen LogP contribution is 2.37. The minimum atomic E-state index is -0.591. The molecule has 38 heavy (non-hydrogen) atoms. The third-order valence-electron chi connectivity index (χ3n) is 7.78. The van der Waals surface area contributed by atoms with Crippen LogP contribution in [-0.2, 0) is 11.3 Å². The van der Waals surface area contributed by atoms with Gasteiger partial charge in [0.2, 0.25) is 0 Å². The van der Waals surface area contributed by atoms with Gasteiger partial charge in [0.15, 0.2) is 6.10 Å². The third kappa shape index (κ3) is 6.18. The first-order valence-corrected chi connectivity index (χ1v) is 14.1. The number of quaternary nitrogens is 1.